The lowest BCUT2D eigenvalue weighted by Crippen LogP contribution is -2.64. The van der Waals surface area contributed by atoms with E-state index in [1.165, 1.54) is 38.5 Å². The van der Waals surface area contributed by atoms with Crippen molar-refractivity contribution in [1.29, 1.82) is 0 Å². The Morgan fingerprint density at radius 2 is 1.54 bits per heavy atom. The van der Waals surface area contributed by atoms with Crippen molar-refractivity contribution in [3.63, 3.8) is 0 Å². The number of rotatable bonds is 7. The fourth-order valence-electron chi connectivity index (χ4n) is 11.0. The van der Waals surface area contributed by atoms with Gasteiger partial charge in [-0.05, 0) is 112 Å². The van der Waals surface area contributed by atoms with Crippen molar-refractivity contribution in [2.45, 2.75) is 137 Å². The summed E-state index contributed by atoms with van der Waals surface area (Å²) >= 11 is 0. The Hall–Kier alpha value is -0.910. The van der Waals surface area contributed by atoms with Gasteiger partial charge in [0.2, 0.25) is 0 Å². The van der Waals surface area contributed by atoms with Gasteiger partial charge in [-0.2, -0.15) is 0 Å². The number of fused-ring (bicyclic) bond motifs is 5. The van der Waals surface area contributed by atoms with Gasteiger partial charge in [0.15, 0.2) is 0 Å². The van der Waals surface area contributed by atoms with Crippen molar-refractivity contribution in [2.24, 2.45) is 45.3 Å². The summed E-state index contributed by atoms with van der Waals surface area (Å²) in [7, 11) is 3.50. The first-order chi connectivity index (χ1) is 17.9. The molecule has 1 N–H and O–H groups in total. The van der Waals surface area contributed by atoms with E-state index in [9.17, 15) is 9.90 Å². The van der Waals surface area contributed by atoms with E-state index >= 15 is 0 Å². The molecule has 0 saturated heterocycles. The predicted molar refractivity (Wildman–Crippen MR) is 156 cm³/mol. The van der Waals surface area contributed by atoms with Crippen LogP contribution < -0.4 is 0 Å². The summed E-state index contributed by atoms with van der Waals surface area (Å²) in [6, 6.07) is 0. The van der Waals surface area contributed by atoms with Crippen molar-refractivity contribution in [2.75, 3.05) is 14.2 Å². The zero-order valence-corrected chi connectivity index (χ0v) is 26.9. The van der Waals surface area contributed by atoms with E-state index in [1.54, 1.807) is 27.9 Å². The van der Waals surface area contributed by atoms with Crippen LogP contribution in [0.1, 0.15) is 114 Å². The van der Waals surface area contributed by atoms with E-state index in [4.69, 9.17) is 14.2 Å². The SMILES string of the molecule is COC(/C=C/[C@@](C)(OC)[C@H]1CC[C@]2(C)[C@@H]1CC[C@@H]1[C@@]3(C)CC[C@H](OC(C)=O)C(C)(C)[C@@H]3CC[C@]12C)C(C)(C)O. The zero-order valence-electron chi connectivity index (χ0n) is 26.9. The maximum absolute atomic E-state index is 11.9. The molecule has 0 radical (unpaired) electrons. The van der Waals surface area contributed by atoms with Gasteiger partial charge in [-0.3, -0.25) is 4.79 Å². The molecule has 0 spiro atoms. The molecular formula is C34H58O5. The van der Waals surface area contributed by atoms with Gasteiger partial charge in [0, 0.05) is 26.6 Å². The van der Waals surface area contributed by atoms with Crippen LogP contribution in [0.2, 0.25) is 0 Å². The van der Waals surface area contributed by atoms with E-state index in [0.29, 0.717) is 23.7 Å². The van der Waals surface area contributed by atoms with Crippen LogP contribution in [0, 0.1) is 45.3 Å². The summed E-state index contributed by atoms with van der Waals surface area (Å²) in [5, 5.41) is 10.6. The van der Waals surface area contributed by atoms with Gasteiger partial charge >= 0.3 is 5.97 Å². The van der Waals surface area contributed by atoms with E-state index in [0.717, 1.165) is 12.8 Å². The molecule has 0 aliphatic heterocycles. The van der Waals surface area contributed by atoms with E-state index in [2.05, 4.69) is 47.6 Å². The Balaban J connectivity index is 1.63. The Morgan fingerprint density at radius 1 is 0.897 bits per heavy atom. The quantitative estimate of drug-likeness (QED) is 0.267. The topological polar surface area (TPSA) is 65.0 Å². The van der Waals surface area contributed by atoms with Gasteiger partial charge in [-0.15, -0.1) is 0 Å². The van der Waals surface area contributed by atoms with E-state index in [1.807, 2.05) is 13.2 Å². The number of hydrogen-bond acceptors (Lipinski definition) is 5. The third-order valence-corrected chi connectivity index (χ3v) is 13.4. The molecule has 0 aromatic carbocycles. The second kappa shape index (κ2) is 10.1. The van der Waals surface area contributed by atoms with Crippen LogP contribution in [0.3, 0.4) is 0 Å². The molecule has 4 rings (SSSR count). The minimum atomic E-state index is -0.952. The van der Waals surface area contributed by atoms with Gasteiger partial charge in [0.25, 0.3) is 0 Å². The van der Waals surface area contributed by atoms with Gasteiger partial charge in [-0.1, -0.05) is 46.8 Å². The molecule has 0 aromatic heterocycles. The second-order valence-electron chi connectivity index (χ2n) is 15.8. The molecular weight excluding hydrogens is 488 g/mol. The third kappa shape index (κ3) is 4.75. The summed E-state index contributed by atoms with van der Waals surface area (Å²) in [4.78, 5) is 11.9. The fourth-order valence-corrected chi connectivity index (χ4v) is 11.0. The van der Waals surface area contributed by atoms with Crippen LogP contribution in [0.5, 0.6) is 0 Å². The maximum Gasteiger partial charge on any atom is 0.302 e. The first-order valence-electron chi connectivity index (χ1n) is 15.6. The summed E-state index contributed by atoms with van der Waals surface area (Å²) in [6.45, 7) is 19.9. The van der Waals surface area contributed by atoms with Crippen LogP contribution in [-0.2, 0) is 19.0 Å². The molecule has 10 atom stereocenters. The number of methoxy groups -OCH3 is 2. The average molecular weight is 547 g/mol. The Morgan fingerprint density at radius 3 is 2.10 bits per heavy atom. The molecule has 39 heavy (non-hydrogen) atoms. The maximum atomic E-state index is 11.9. The second-order valence-corrected chi connectivity index (χ2v) is 15.8. The van der Waals surface area contributed by atoms with Gasteiger partial charge < -0.3 is 19.3 Å². The number of ether oxygens (including phenoxy) is 3. The van der Waals surface area contributed by atoms with Crippen molar-refractivity contribution >= 4 is 5.97 Å². The average Bonchev–Trinajstić information content (AvgIpc) is 3.19. The summed E-state index contributed by atoms with van der Waals surface area (Å²) in [5.41, 5.74) is -0.558. The lowest BCUT2D eigenvalue weighted by Gasteiger charge is -2.70. The molecule has 0 amide bonds. The summed E-state index contributed by atoms with van der Waals surface area (Å²) < 4.78 is 17.8. The van der Waals surface area contributed by atoms with Gasteiger partial charge in [-0.25, -0.2) is 0 Å². The van der Waals surface area contributed by atoms with Crippen LogP contribution in [0.25, 0.3) is 0 Å². The van der Waals surface area contributed by atoms with Gasteiger partial charge in [0.1, 0.15) is 12.2 Å². The summed E-state index contributed by atoms with van der Waals surface area (Å²) in [6.07, 6.45) is 13.3. The van der Waals surface area contributed by atoms with E-state index < -0.39 is 11.2 Å². The lowest BCUT2D eigenvalue weighted by molar-refractivity contribution is -0.229. The number of esters is 1. The monoisotopic (exact) mass is 546 g/mol. The molecule has 1 unspecified atom stereocenters. The predicted octanol–water partition coefficient (Wildman–Crippen LogP) is 7.35. The summed E-state index contributed by atoms with van der Waals surface area (Å²) in [5.74, 6) is 2.14. The Kier molecular flexibility index (Phi) is 8.05. The highest BCUT2D eigenvalue weighted by Crippen LogP contribution is 2.76. The zero-order chi connectivity index (χ0) is 29.2. The smallest absolute Gasteiger partial charge is 0.302 e. The number of carbonyl (C=O) groups excluding carboxylic acids is 1. The highest BCUT2D eigenvalue weighted by Gasteiger charge is 2.69. The highest BCUT2D eigenvalue weighted by atomic mass is 16.5. The Labute approximate surface area is 238 Å². The molecule has 0 bridgehead atoms. The van der Waals surface area contributed by atoms with Crippen molar-refractivity contribution < 1.29 is 24.1 Å². The number of carbonyl (C=O) groups is 1. The van der Waals surface area contributed by atoms with Crippen molar-refractivity contribution in [3.05, 3.63) is 12.2 Å². The van der Waals surface area contributed by atoms with Crippen molar-refractivity contribution in [3.8, 4) is 0 Å². The molecule has 224 valence electrons. The van der Waals surface area contributed by atoms with Crippen molar-refractivity contribution in [1.82, 2.24) is 0 Å². The molecule has 4 saturated carbocycles. The largest absolute Gasteiger partial charge is 0.462 e. The molecule has 4 aliphatic carbocycles. The normalized spacial score (nSPS) is 44.2. The molecule has 4 aliphatic rings. The molecule has 5 nitrogen and oxygen atoms in total. The molecule has 0 aromatic rings. The van der Waals surface area contributed by atoms with Crippen LogP contribution in [0.15, 0.2) is 12.2 Å². The Bertz CT molecular complexity index is 950. The van der Waals surface area contributed by atoms with Crippen LogP contribution in [0.4, 0.5) is 0 Å². The molecule has 4 fully saturated rings. The standard InChI is InChI=1S/C34H58O5/c1-22(35)39-27-16-18-31(6)25(29(27,2)3)15-20-33(8)26(31)13-12-23-24(14-19-32(23,33)7)34(9,38-11)21-17-28(37-10)30(4,5)36/h17,21,23-28,36H,12-16,18-20H2,1-11H3/b21-17+/t23-,24+,25+,26-,27+,28?,31+,32-,33-,34-/m1/s1. The minimum Gasteiger partial charge on any atom is -0.462 e. The van der Waals surface area contributed by atoms with Crippen LogP contribution in [-0.4, -0.2) is 48.7 Å². The molecule has 0 heterocycles. The number of hydrogen-bond donors (Lipinski definition) is 1. The van der Waals surface area contributed by atoms with Gasteiger partial charge in [0.05, 0.1) is 11.2 Å². The first kappa shape index (κ1) is 31.0. The minimum absolute atomic E-state index is 0.00620. The first-order valence-corrected chi connectivity index (χ1v) is 15.6. The number of aliphatic hydroxyl groups is 1. The fraction of sp³-hybridized carbons (Fsp3) is 0.912. The third-order valence-electron chi connectivity index (χ3n) is 13.4. The van der Waals surface area contributed by atoms with E-state index in [-0.39, 0.29) is 39.8 Å². The van der Waals surface area contributed by atoms with Crippen LogP contribution >= 0.6 is 0 Å². The lowest BCUT2D eigenvalue weighted by atomic mass is 9.35. The highest BCUT2D eigenvalue weighted by molar-refractivity contribution is 5.66. The molecule has 5 heteroatoms.